The molecular weight excluding hydrogens is 490 g/mol. The standard InChI is InChI=1S/C25H21F4N7O/c26-15-6-4-14(5-7-15)25(13-2-1-3-13)18-19(30)33-20(34-21(18)35-23(25)37)17-12-36-11-10-31-22(36)16(32-17)8-9-24(27,28)29/h4-7,10-13H,1-3,8-9H2,(H3,30,33,34,35,37). The molecule has 2 aliphatic rings. The number of hydrogen-bond donors (Lipinski definition) is 2. The van der Waals surface area contributed by atoms with Crippen molar-refractivity contribution >= 4 is 23.2 Å². The second kappa shape index (κ2) is 8.22. The van der Waals surface area contributed by atoms with Crippen molar-refractivity contribution in [1.29, 1.82) is 0 Å². The molecule has 0 spiro atoms. The quantitative estimate of drug-likeness (QED) is 0.383. The molecule has 37 heavy (non-hydrogen) atoms. The van der Waals surface area contributed by atoms with E-state index >= 15 is 0 Å². The maximum atomic E-state index is 13.7. The Kier molecular flexibility index (Phi) is 5.18. The molecule has 190 valence electrons. The monoisotopic (exact) mass is 511 g/mol. The summed E-state index contributed by atoms with van der Waals surface area (Å²) in [6.07, 6.45) is 1.34. The van der Waals surface area contributed by atoms with Gasteiger partial charge in [-0.05, 0) is 36.5 Å². The number of nitrogens with zero attached hydrogens (tertiary/aromatic N) is 5. The normalized spacial score (nSPS) is 19.6. The Balaban J connectivity index is 1.48. The van der Waals surface area contributed by atoms with E-state index in [4.69, 9.17) is 5.73 Å². The van der Waals surface area contributed by atoms with Crippen molar-refractivity contribution in [3.63, 3.8) is 0 Å². The van der Waals surface area contributed by atoms with E-state index < -0.39 is 23.8 Å². The third kappa shape index (κ3) is 3.69. The molecule has 1 atom stereocenters. The molecule has 1 aliphatic heterocycles. The van der Waals surface area contributed by atoms with Crippen LogP contribution in [-0.2, 0) is 16.6 Å². The van der Waals surface area contributed by atoms with E-state index in [0.29, 0.717) is 16.8 Å². The van der Waals surface area contributed by atoms with Gasteiger partial charge in [0.15, 0.2) is 11.5 Å². The number of amides is 1. The SMILES string of the molecule is Nc1nc(-c2cn3ccnc3c(CCC(F)(F)F)n2)nc2c1C(c1ccc(F)cc1)(C1CCC1)C(=O)N2. The number of imidazole rings is 1. The van der Waals surface area contributed by atoms with Crippen LogP contribution in [0.1, 0.15) is 42.5 Å². The second-order valence-corrected chi connectivity index (χ2v) is 9.40. The first-order valence-electron chi connectivity index (χ1n) is 11.8. The van der Waals surface area contributed by atoms with Gasteiger partial charge < -0.3 is 15.5 Å². The number of aromatic nitrogens is 5. The number of benzene rings is 1. The van der Waals surface area contributed by atoms with E-state index in [2.05, 4.69) is 25.3 Å². The average Bonchev–Trinajstić information content (AvgIpc) is 3.39. The zero-order chi connectivity index (χ0) is 25.9. The van der Waals surface area contributed by atoms with Gasteiger partial charge in [0.1, 0.15) is 28.6 Å². The summed E-state index contributed by atoms with van der Waals surface area (Å²) >= 11 is 0. The number of nitrogens with one attached hydrogen (secondary N) is 1. The van der Waals surface area contributed by atoms with Crippen LogP contribution >= 0.6 is 0 Å². The van der Waals surface area contributed by atoms with Crippen molar-refractivity contribution in [3.05, 3.63) is 65.5 Å². The first-order valence-corrected chi connectivity index (χ1v) is 11.8. The average molecular weight is 511 g/mol. The number of hydrogen-bond acceptors (Lipinski definition) is 6. The van der Waals surface area contributed by atoms with Crippen LogP contribution in [0, 0.1) is 11.7 Å². The van der Waals surface area contributed by atoms with Crippen molar-refractivity contribution in [2.24, 2.45) is 5.92 Å². The maximum absolute atomic E-state index is 13.7. The summed E-state index contributed by atoms with van der Waals surface area (Å²) in [6, 6.07) is 5.77. The van der Waals surface area contributed by atoms with Crippen molar-refractivity contribution < 1.29 is 22.4 Å². The van der Waals surface area contributed by atoms with Gasteiger partial charge in [-0.2, -0.15) is 13.2 Å². The molecule has 3 aromatic heterocycles. The highest BCUT2D eigenvalue weighted by atomic mass is 19.4. The molecule has 12 heteroatoms. The lowest BCUT2D eigenvalue weighted by Crippen LogP contribution is -2.46. The minimum atomic E-state index is -4.36. The van der Waals surface area contributed by atoms with Crippen LogP contribution < -0.4 is 11.1 Å². The van der Waals surface area contributed by atoms with Crippen LogP contribution in [0.3, 0.4) is 0 Å². The van der Waals surface area contributed by atoms with Crippen molar-refractivity contribution in [2.75, 3.05) is 11.1 Å². The highest BCUT2D eigenvalue weighted by molar-refractivity contribution is 6.09. The van der Waals surface area contributed by atoms with Gasteiger partial charge >= 0.3 is 6.18 Å². The molecule has 1 amide bonds. The van der Waals surface area contributed by atoms with E-state index in [-0.39, 0.29) is 47.1 Å². The van der Waals surface area contributed by atoms with Gasteiger partial charge in [0, 0.05) is 31.4 Å². The van der Waals surface area contributed by atoms with Gasteiger partial charge in [-0.1, -0.05) is 18.6 Å². The van der Waals surface area contributed by atoms with Crippen LogP contribution in [-0.4, -0.2) is 36.4 Å². The zero-order valence-corrected chi connectivity index (χ0v) is 19.4. The Hall–Kier alpha value is -4.09. The van der Waals surface area contributed by atoms with E-state index in [9.17, 15) is 22.4 Å². The van der Waals surface area contributed by atoms with Gasteiger partial charge in [0.05, 0.1) is 11.3 Å². The number of anilines is 2. The smallest absolute Gasteiger partial charge is 0.383 e. The lowest BCUT2D eigenvalue weighted by molar-refractivity contribution is -0.134. The molecular formula is C25H21F4N7O. The minimum absolute atomic E-state index is 0.0546. The Morgan fingerprint density at radius 3 is 2.57 bits per heavy atom. The Morgan fingerprint density at radius 1 is 1.14 bits per heavy atom. The number of carbonyl (C=O) groups is 1. The molecule has 3 N–H and O–H groups in total. The molecule has 1 aromatic carbocycles. The van der Waals surface area contributed by atoms with E-state index in [1.807, 2.05) is 0 Å². The number of halogens is 4. The van der Waals surface area contributed by atoms with Crippen LogP contribution in [0.25, 0.3) is 17.2 Å². The molecule has 0 saturated heterocycles. The molecule has 6 rings (SSSR count). The van der Waals surface area contributed by atoms with Gasteiger partial charge in [-0.15, -0.1) is 0 Å². The molecule has 8 nitrogen and oxygen atoms in total. The highest BCUT2D eigenvalue weighted by Gasteiger charge is 2.57. The molecule has 4 aromatic rings. The largest absolute Gasteiger partial charge is 0.389 e. The number of nitrogens with two attached hydrogens (primary N) is 1. The van der Waals surface area contributed by atoms with Crippen molar-refractivity contribution in [3.8, 4) is 11.5 Å². The third-order valence-corrected chi connectivity index (χ3v) is 7.26. The summed E-state index contributed by atoms with van der Waals surface area (Å²) in [5, 5.41) is 2.83. The topological polar surface area (TPSA) is 111 Å². The van der Waals surface area contributed by atoms with Crippen molar-refractivity contribution in [2.45, 2.75) is 43.7 Å². The Bertz CT molecular complexity index is 1530. The maximum Gasteiger partial charge on any atom is 0.389 e. The third-order valence-electron chi connectivity index (χ3n) is 7.26. The van der Waals surface area contributed by atoms with Gasteiger partial charge in [-0.3, -0.25) is 4.79 Å². The summed E-state index contributed by atoms with van der Waals surface area (Å²) in [7, 11) is 0. The van der Waals surface area contributed by atoms with E-state index in [0.717, 1.165) is 19.3 Å². The predicted octanol–water partition coefficient (Wildman–Crippen LogP) is 4.44. The van der Waals surface area contributed by atoms with Gasteiger partial charge in [-0.25, -0.2) is 24.3 Å². The summed E-state index contributed by atoms with van der Waals surface area (Å²) in [5.74, 6) is -0.477. The second-order valence-electron chi connectivity index (χ2n) is 9.40. The molecule has 0 bridgehead atoms. The van der Waals surface area contributed by atoms with E-state index in [1.54, 1.807) is 28.9 Å². The minimum Gasteiger partial charge on any atom is -0.383 e. The summed E-state index contributed by atoms with van der Waals surface area (Å²) < 4.78 is 54.0. The lowest BCUT2D eigenvalue weighted by atomic mass is 9.59. The molecule has 1 saturated carbocycles. The fourth-order valence-electron chi connectivity index (χ4n) is 5.38. The lowest BCUT2D eigenvalue weighted by Gasteiger charge is -2.41. The van der Waals surface area contributed by atoms with E-state index in [1.165, 1.54) is 18.3 Å². The number of nitrogen functional groups attached to an aromatic ring is 1. The highest BCUT2D eigenvalue weighted by Crippen LogP contribution is 2.55. The predicted molar refractivity (Wildman–Crippen MR) is 126 cm³/mol. The number of rotatable bonds is 5. The fraction of sp³-hybridized carbons (Fsp3) is 0.320. The molecule has 1 fully saturated rings. The summed E-state index contributed by atoms with van der Waals surface area (Å²) in [5.41, 5.74) is 6.96. The fourth-order valence-corrected chi connectivity index (χ4v) is 5.38. The van der Waals surface area contributed by atoms with Crippen LogP contribution in [0.2, 0.25) is 0 Å². The Morgan fingerprint density at radius 2 is 1.89 bits per heavy atom. The first kappa shape index (κ1) is 23.3. The summed E-state index contributed by atoms with van der Waals surface area (Å²) in [6.45, 7) is 0. The van der Waals surface area contributed by atoms with Gasteiger partial charge in [0.2, 0.25) is 5.91 Å². The molecule has 4 heterocycles. The van der Waals surface area contributed by atoms with Crippen LogP contribution in [0.5, 0.6) is 0 Å². The van der Waals surface area contributed by atoms with Gasteiger partial charge in [0.25, 0.3) is 0 Å². The van der Waals surface area contributed by atoms with Crippen LogP contribution in [0.4, 0.5) is 29.2 Å². The Labute approximate surface area is 208 Å². The molecule has 1 unspecified atom stereocenters. The number of fused-ring (bicyclic) bond motifs is 2. The molecule has 1 aliphatic carbocycles. The first-order chi connectivity index (χ1) is 17.7. The molecule has 0 radical (unpaired) electrons. The number of alkyl halides is 3. The number of aryl methyl sites for hydroxylation is 1. The van der Waals surface area contributed by atoms with Crippen LogP contribution in [0.15, 0.2) is 42.9 Å². The van der Waals surface area contributed by atoms with Crippen molar-refractivity contribution in [1.82, 2.24) is 24.3 Å². The number of carbonyl (C=O) groups excluding carboxylic acids is 1. The summed E-state index contributed by atoms with van der Waals surface area (Å²) in [4.78, 5) is 31.1. The zero-order valence-electron chi connectivity index (χ0n) is 19.4.